The molecule has 2 heterocycles. The van der Waals surface area contributed by atoms with Gasteiger partial charge < -0.3 is 9.64 Å². The summed E-state index contributed by atoms with van der Waals surface area (Å²) in [5, 5.41) is 4.71. The number of nitrogens with zero attached hydrogens (tertiary/aromatic N) is 2. The van der Waals surface area contributed by atoms with Crippen LogP contribution < -0.4 is 4.74 Å². The Labute approximate surface area is 149 Å². The number of aryl methyl sites for hydroxylation is 1. The Kier molecular flexibility index (Phi) is 5.27. The van der Waals surface area contributed by atoms with Crippen LogP contribution in [0.4, 0.5) is 0 Å². The number of thiophene rings is 1. The average Bonchev–Trinajstić information content (AvgIpc) is 3.27. The molecule has 0 aliphatic rings. The molecule has 0 bridgehead atoms. The van der Waals surface area contributed by atoms with Crippen LogP contribution in [0.15, 0.2) is 47.2 Å². The number of rotatable bonds is 6. The summed E-state index contributed by atoms with van der Waals surface area (Å²) in [5.74, 6) is 0.773. The zero-order valence-electron chi connectivity index (χ0n) is 13.6. The fourth-order valence-electron chi connectivity index (χ4n) is 2.19. The molecule has 124 valence electrons. The van der Waals surface area contributed by atoms with Crippen molar-refractivity contribution in [3.8, 4) is 15.6 Å². The van der Waals surface area contributed by atoms with E-state index >= 15 is 0 Å². The molecular weight excluding hydrogens is 340 g/mol. The Morgan fingerprint density at radius 2 is 2.04 bits per heavy atom. The molecule has 0 spiro atoms. The fraction of sp³-hybridized carbons (Fsp3) is 0.222. The van der Waals surface area contributed by atoms with Crippen molar-refractivity contribution >= 4 is 28.6 Å². The lowest BCUT2D eigenvalue weighted by atomic mass is 10.2. The Morgan fingerprint density at radius 1 is 1.21 bits per heavy atom. The summed E-state index contributed by atoms with van der Waals surface area (Å²) in [5.41, 5.74) is 1.58. The van der Waals surface area contributed by atoms with Crippen LogP contribution in [0.2, 0.25) is 0 Å². The molecule has 0 atom stereocenters. The van der Waals surface area contributed by atoms with Crippen molar-refractivity contribution < 1.29 is 9.53 Å². The lowest BCUT2D eigenvalue weighted by molar-refractivity contribution is 0.0769. The number of aromatic nitrogens is 1. The van der Waals surface area contributed by atoms with Crippen molar-refractivity contribution in [3.63, 3.8) is 0 Å². The van der Waals surface area contributed by atoms with Gasteiger partial charge >= 0.3 is 0 Å². The van der Waals surface area contributed by atoms with Crippen molar-refractivity contribution in [3.05, 3.63) is 58.4 Å². The van der Waals surface area contributed by atoms with Gasteiger partial charge in [-0.25, -0.2) is 4.98 Å². The molecule has 0 radical (unpaired) electrons. The molecule has 0 aliphatic carbocycles. The zero-order valence-corrected chi connectivity index (χ0v) is 15.2. The van der Waals surface area contributed by atoms with E-state index in [1.807, 2.05) is 54.1 Å². The Hall–Kier alpha value is -2.18. The molecule has 4 nitrogen and oxygen atoms in total. The molecule has 0 fully saturated rings. The van der Waals surface area contributed by atoms with Crippen LogP contribution in [0.1, 0.15) is 16.1 Å². The molecule has 2 aromatic heterocycles. The highest BCUT2D eigenvalue weighted by Gasteiger charge is 2.16. The molecule has 1 amide bonds. The van der Waals surface area contributed by atoms with E-state index in [4.69, 9.17) is 4.74 Å². The van der Waals surface area contributed by atoms with Crippen LogP contribution in [0, 0.1) is 6.92 Å². The molecule has 0 saturated carbocycles. The average molecular weight is 358 g/mol. The SMILES string of the molecule is Cc1ccccc1OCCN(C)C(=O)c1csc(-c2cccs2)n1. The summed E-state index contributed by atoms with van der Waals surface area (Å²) in [7, 11) is 1.77. The minimum Gasteiger partial charge on any atom is -0.491 e. The maximum Gasteiger partial charge on any atom is 0.273 e. The molecule has 1 aromatic carbocycles. The number of thiazole rings is 1. The highest BCUT2D eigenvalue weighted by molar-refractivity contribution is 7.20. The van der Waals surface area contributed by atoms with Crippen LogP contribution in [-0.4, -0.2) is 36.0 Å². The van der Waals surface area contributed by atoms with Gasteiger partial charge in [-0.1, -0.05) is 24.3 Å². The van der Waals surface area contributed by atoms with Crippen molar-refractivity contribution in [1.82, 2.24) is 9.88 Å². The van der Waals surface area contributed by atoms with Gasteiger partial charge in [-0.15, -0.1) is 22.7 Å². The highest BCUT2D eigenvalue weighted by Crippen LogP contribution is 2.28. The van der Waals surface area contributed by atoms with Crippen LogP contribution in [0.3, 0.4) is 0 Å². The number of carbonyl (C=O) groups is 1. The molecule has 0 saturated heterocycles. The van der Waals surface area contributed by atoms with E-state index in [0.29, 0.717) is 18.8 Å². The molecule has 0 N–H and O–H groups in total. The normalized spacial score (nSPS) is 10.6. The third-order valence-electron chi connectivity index (χ3n) is 3.58. The Bertz CT molecular complexity index is 812. The standard InChI is InChI=1S/C18H18N2O2S2/c1-13-6-3-4-7-15(13)22-10-9-20(2)18(21)14-12-24-17(19-14)16-8-5-11-23-16/h3-8,11-12H,9-10H2,1-2H3. The number of amides is 1. The largest absolute Gasteiger partial charge is 0.491 e. The number of hydrogen-bond donors (Lipinski definition) is 0. The number of hydrogen-bond acceptors (Lipinski definition) is 5. The number of para-hydroxylation sites is 1. The van der Waals surface area contributed by atoms with Gasteiger partial charge in [0.2, 0.25) is 0 Å². The summed E-state index contributed by atoms with van der Waals surface area (Å²) >= 11 is 3.12. The highest BCUT2D eigenvalue weighted by atomic mass is 32.1. The first kappa shape index (κ1) is 16.7. The summed E-state index contributed by atoms with van der Waals surface area (Å²) in [6, 6.07) is 11.9. The second-order valence-electron chi connectivity index (χ2n) is 5.36. The van der Waals surface area contributed by atoms with Crippen LogP contribution >= 0.6 is 22.7 Å². The summed E-state index contributed by atoms with van der Waals surface area (Å²) in [6.45, 7) is 2.97. The van der Waals surface area contributed by atoms with E-state index in [1.54, 1.807) is 23.3 Å². The Balaban J connectivity index is 1.56. The van der Waals surface area contributed by atoms with Gasteiger partial charge in [0, 0.05) is 12.4 Å². The van der Waals surface area contributed by atoms with Crippen LogP contribution in [0.5, 0.6) is 5.75 Å². The van der Waals surface area contributed by atoms with Gasteiger partial charge in [-0.05, 0) is 30.0 Å². The lowest BCUT2D eigenvalue weighted by Crippen LogP contribution is -2.31. The van der Waals surface area contributed by atoms with Gasteiger partial charge in [0.05, 0.1) is 11.4 Å². The van der Waals surface area contributed by atoms with Crippen LogP contribution in [-0.2, 0) is 0 Å². The molecule has 3 aromatic rings. The van der Waals surface area contributed by atoms with Gasteiger partial charge in [0.15, 0.2) is 0 Å². The molecule has 0 aliphatic heterocycles. The second-order valence-corrected chi connectivity index (χ2v) is 7.16. The fourth-order valence-corrected chi connectivity index (χ4v) is 3.80. The summed E-state index contributed by atoms with van der Waals surface area (Å²) in [4.78, 5) is 19.6. The first-order valence-electron chi connectivity index (χ1n) is 7.58. The van der Waals surface area contributed by atoms with E-state index in [0.717, 1.165) is 21.2 Å². The van der Waals surface area contributed by atoms with E-state index in [-0.39, 0.29) is 5.91 Å². The minimum absolute atomic E-state index is 0.0811. The number of benzene rings is 1. The van der Waals surface area contributed by atoms with Crippen molar-refractivity contribution in [1.29, 1.82) is 0 Å². The molecule has 0 unspecified atom stereocenters. The predicted octanol–water partition coefficient (Wildman–Crippen LogP) is 4.33. The second kappa shape index (κ2) is 7.59. The van der Waals surface area contributed by atoms with E-state index in [1.165, 1.54) is 11.3 Å². The van der Waals surface area contributed by atoms with Crippen LogP contribution in [0.25, 0.3) is 9.88 Å². The number of ether oxygens (including phenoxy) is 1. The zero-order chi connectivity index (χ0) is 16.9. The number of likely N-dealkylation sites (N-methyl/N-ethyl adjacent to an activating group) is 1. The monoisotopic (exact) mass is 358 g/mol. The van der Waals surface area contributed by atoms with Crippen molar-refractivity contribution in [2.75, 3.05) is 20.2 Å². The maximum absolute atomic E-state index is 12.5. The van der Waals surface area contributed by atoms with Crippen molar-refractivity contribution in [2.24, 2.45) is 0 Å². The summed E-state index contributed by atoms with van der Waals surface area (Å²) in [6.07, 6.45) is 0. The van der Waals surface area contributed by atoms with Gasteiger partial charge in [0.25, 0.3) is 5.91 Å². The van der Waals surface area contributed by atoms with E-state index in [9.17, 15) is 4.79 Å². The van der Waals surface area contributed by atoms with Crippen molar-refractivity contribution in [2.45, 2.75) is 6.92 Å². The molecule has 3 rings (SSSR count). The topological polar surface area (TPSA) is 42.4 Å². The third-order valence-corrected chi connectivity index (χ3v) is 5.46. The third kappa shape index (κ3) is 3.83. The Morgan fingerprint density at radius 3 is 2.79 bits per heavy atom. The molecule has 6 heteroatoms. The van der Waals surface area contributed by atoms with Gasteiger partial charge in [0.1, 0.15) is 23.1 Å². The maximum atomic E-state index is 12.5. The molecule has 24 heavy (non-hydrogen) atoms. The first-order valence-corrected chi connectivity index (χ1v) is 9.34. The molecular formula is C18H18N2O2S2. The smallest absolute Gasteiger partial charge is 0.273 e. The van der Waals surface area contributed by atoms with Gasteiger partial charge in [-0.2, -0.15) is 0 Å². The predicted molar refractivity (Wildman–Crippen MR) is 99.1 cm³/mol. The first-order chi connectivity index (χ1) is 11.6. The van der Waals surface area contributed by atoms with Gasteiger partial charge in [-0.3, -0.25) is 4.79 Å². The minimum atomic E-state index is -0.0811. The van der Waals surface area contributed by atoms with E-state index < -0.39 is 0 Å². The van der Waals surface area contributed by atoms with E-state index in [2.05, 4.69) is 4.98 Å². The lowest BCUT2D eigenvalue weighted by Gasteiger charge is -2.17. The quantitative estimate of drug-likeness (QED) is 0.659. The number of carbonyl (C=O) groups excluding carboxylic acids is 1. The summed E-state index contributed by atoms with van der Waals surface area (Å²) < 4.78 is 5.75.